The molecule has 8 nitrogen and oxygen atoms in total. The van der Waals surface area contributed by atoms with Crippen LogP contribution in [0.4, 0.5) is 0 Å². The maximum absolute atomic E-state index is 13.5. The highest BCUT2D eigenvalue weighted by Gasteiger charge is 2.38. The Labute approximate surface area is 190 Å². The monoisotopic (exact) mass is 465 g/mol. The molecule has 1 aromatic heterocycles. The van der Waals surface area contributed by atoms with Gasteiger partial charge in [0.25, 0.3) is 0 Å². The maximum atomic E-state index is 13.5. The van der Waals surface area contributed by atoms with E-state index >= 15 is 0 Å². The van der Waals surface area contributed by atoms with Crippen molar-refractivity contribution in [3.05, 3.63) is 28.6 Å². The number of allylic oxidation sites excluding steroid dienone is 1. The zero-order chi connectivity index (χ0) is 23.3. The molecule has 0 bridgehead atoms. The quantitative estimate of drug-likeness (QED) is 0.453. The van der Waals surface area contributed by atoms with Crippen molar-refractivity contribution in [2.45, 2.75) is 70.6 Å². The van der Waals surface area contributed by atoms with E-state index in [9.17, 15) is 18.0 Å². The molecule has 2 N–H and O–H groups in total. The van der Waals surface area contributed by atoms with Gasteiger partial charge in [-0.3, -0.25) is 4.79 Å². The molecule has 178 valence electrons. The second-order valence-electron chi connectivity index (χ2n) is 8.65. The van der Waals surface area contributed by atoms with Crippen LogP contribution in [0.1, 0.15) is 73.6 Å². The molecular formula is C23H35N3O5S. The van der Waals surface area contributed by atoms with Crippen molar-refractivity contribution in [1.82, 2.24) is 14.6 Å². The second-order valence-corrected chi connectivity index (χ2v) is 10.5. The maximum Gasteiger partial charge on any atom is 0.341 e. The number of aryl methyl sites for hydroxylation is 2. The van der Waals surface area contributed by atoms with E-state index < -0.39 is 21.9 Å². The highest BCUT2D eigenvalue weighted by atomic mass is 32.2. The molecule has 1 aliphatic carbocycles. The average molecular weight is 466 g/mol. The number of rotatable bonds is 8. The molecule has 2 aliphatic rings. The van der Waals surface area contributed by atoms with E-state index in [-0.39, 0.29) is 29.5 Å². The molecular weight excluding hydrogens is 430 g/mol. The SMILES string of the molecule is CCOC(=O)c1c(C)[nH]c(C)c1S(=O)(=O)N1CCCC(C(=O)NCCC2=CCCCC2)C1. The smallest absolute Gasteiger partial charge is 0.341 e. The zero-order valence-corrected chi connectivity index (χ0v) is 20.1. The van der Waals surface area contributed by atoms with Crippen molar-refractivity contribution in [2.75, 3.05) is 26.2 Å². The molecule has 1 aliphatic heterocycles. The van der Waals surface area contributed by atoms with E-state index in [1.165, 1.54) is 22.7 Å². The largest absolute Gasteiger partial charge is 0.462 e. The summed E-state index contributed by atoms with van der Waals surface area (Å²) in [7, 11) is -3.96. The van der Waals surface area contributed by atoms with Gasteiger partial charge in [-0.2, -0.15) is 4.31 Å². The predicted octanol–water partition coefficient (Wildman–Crippen LogP) is 3.22. The van der Waals surface area contributed by atoms with Gasteiger partial charge in [0.05, 0.1) is 12.5 Å². The number of carbonyl (C=O) groups is 2. The van der Waals surface area contributed by atoms with Crippen molar-refractivity contribution >= 4 is 21.9 Å². The number of carbonyl (C=O) groups excluding carboxylic acids is 2. The van der Waals surface area contributed by atoms with E-state index in [1.54, 1.807) is 20.8 Å². The topological polar surface area (TPSA) is 109 Å². The molecule has 9 heteroatoms. The van der Waals surface area contributed by atoms with E-state index in [0.29, 0.717) is 37.3 Å². The normalized spacial score (nSPS) is 20.0. The number of sulfonamides is 1. The molecule has 3 rings (SSSR count). The van der Waals surface area contributed by atoms with Crippen molar-refractivity contribution in [3.8, 4) is 0 Å². The van der Waals surface area contributed by atoms with Crippen LogP contribution in [0.2, 0.25) is 0 Å². The van der Waals surface area contributed by atoms with Crippen LogP contribution in [0.3, 0.4) is 0 Å². The molecule has 0 spiro atoms. The minimum Gasteiger partial charge on any atom is -0.462 e. The number of esters is 1. The summed E-state index contributed by atoms with van der Waals surface area (Å²) in [5.41, 5.74) is 2.31. The number of nitrogens with one attached hydrogen (secondary N) is 2. The van der Waals surface area contributed by atoms with Crippen LogP contribution in [0, 0.1) is 19.8 Å². The fraction of sp³-hybridized carbons (Fsp3) is 0.652. The fourth-order valence-corrected chi connectivity index (χ4v) is 6.59. The summed E-state index contributed by atoms with van der Waals surface area (Å²) in [5, 5.41) is 2.99. The van der Waals surface area contributed by atoms with Gasteiger partial charge in [0, 0.05) is 31.0 Å². The summed E-state index contributed by atoms with van der Waals surface area (Å²) in [6.45, 7) is 6.15. The molecule has 1 amide bonds. The highest BCUT2D eigenvalue weighted by molar-refractivity contribution is 7.89. The van der Waals surface area contributed by atoms with Gasteiger partial charge in [0.1, 0.15) is 10.5 Å². The highest BCUT2D eigenvalue weighted by Crippen LogP contribution is 2.30. The molecule has 0 radical (unpaired) electrons. The number of nitrogens with zero attached hydrogens (tertiary/aromatic N) is 1. The van der Waals surface area contributed by atoms with Crippen LogP contribution >= 0.6 is 0 Å². The average Bonchev–Trinajstić information content (AvgIpc) is 3.09. The van der Waals surface area contributed by atoms with Crippen LogP contribution in [-0.4, -0.2) is 55.8 Å². The molecule has 1 atom stereocenters. The third-order valence-corrected chi connectivity index (χ3v) is 8.32. The Bertz CT molecular complexity index is 980. The Kier molecular flexibility index (Phi) is 8.16. The van der Waals surface area contributed by atoms with E-state index in [0.717, 1.165) is 19.3 Å². The van der Waals surface area contributed by atoms with Gasteiger partial charge in [0.2, 0.25) is 15.9 Å². The first-order valence-electron chi connectivity index (χ1n) is 11.6. The molecule has 1 saturated heterocycles. The number of aromatic nitrogens is 1. The summed E-state index contributed by atoms with van der Waals surface area (Å²) in [5.74, 6) is -1.16. The van der Waals surface area contributed by atoms with Gasteiger partial charge < -0.3 is 15.0 Å². The number of hydrogen-bond acceptors (Lipinski definition) is 5. The standard InChI is InChI=1S/C23H35N3O5S/c1-4-31-23(28)20-16(2)25-17(3)21(20)32(29,30)26-14-8-11-19(15-26)22(27)24-13-12-18-9-6-5-7-10-18/h9,19,25H,4-8,10-15H2,1-3H3,(H,24,27). The number of amides is 1. The second kappa shape index (κ2) is 10.7. The molecule has 2 heterocycles. The third-order valence-electron chi connectivity index (χ3n) is 6.28. The minimum absolute atomic E-state index is 0.0428. The number of ether oxygens (including phenoxy) is 1. The van der Waals surface area contributed by atoms with Crippen molar-refractivity contribution in [2.24, 2.45) is 5.92 Å². The van der Waals surface area contributed by atoms with Crippen molar-refractivity contribution < 1.29 is 22.7 Å². The number of H-pyrrole nitrogens is 1. The summed E-state index contributed by atoms with van der Waals surface area (Å²) in [6, 6.07) is 0. The molecule has 1 unspecified atom stereocenters. The van der Waals surface area contributed by atoms with Crippen LogP contribution in [0.15, 0.2) is 16.5 Å². The van der Waals surface area contributed by atoms with Crippen LogP contribution < -0.4 is 5.32 Å². The van der Waals surface area contributed by atoms with Gasteiger partial charge in [-0.05, 0) is 65.7 Å². The van der Waals surface area contributed by atoms with Gasteiger partial charge >= 0.3 is 5.97 Å². The van der Waals surface area contributed by atoms with Gasteiger partial charge in [-0.1, -0.05) is 11.6 Å². The Hall–Kier alpha value is -2.13. The summed E-state index contributed by atoms with van der Waals surface area (Å²) < 4.78 is 33.4. The fourth-order valence-electron chi connectivity index (χ4n) is 4.66. The van der Waals surface area contributed by atoms with Crippen molar-refractivity contribution in [1.29, 1.82) is 0 Å². The first-order chi connectivity index (χ1) is 15.3. The molecule has 1 aromatic rings. The van der Waals surface area contributed by atoms with Crippen LogP contribution in [-0.2, 0) is 19.6 Å². The number of piperidine rings is 1. The summed E-state index contributed by atoms with van der Waals surface area (Å²) in [4.78, 5) is 28.1. The lowest BCUT2D eigenvalue weighted by Gasteiger charge is -2.31. The summed E-state index contributed by atoms with van der Waals surface area (Å²) >= 11 is 0. The lowest BCUT2D eigenvalue weighted by molar-refractivity contribution is -0.126. The van der Waals surface area contributed by atoms with Gasteiger partial charge in [0.15, 0.2) is 0 Å². The van der Waals surface area contributed by atoms with Gasteiger partial charge in [-0.25, -0.2) is 13.2 Å². The Morgan fingerprint density at radius 1 is 1.22 bits per heavy atom. The van der Waals surface area contributed by atoms with Gasteiger partial charge in [-0.15, -0.1) is 0 Å². The first-order valence-corrected chi connectivity index (χ1v) is 13.0. The molecule has 1 fully saturated rings. The third kappa shape index (κ3) is 5.43. The zero-order valence-electron chi connectivity index (χ0n) is 19.3. The van der Waals surface area contributed by atoms with Crippen molar-refractivity contribution in [3.63, 3.8) is 0 Å². The Morgan fingerprint density at radius 3 is 2.69 bits per heavy atom. The van der Waals surface area contributed by atoms with E-state index in [1.807, 2.05) is 0 Å². The number of aromatic amines is 1. The molecule has 32 heavy (non-hydrogen) atoms. The lowest BCUT2D eigenvalue weighted by atomic mass is 9.96. The van der Waals surface area contributed by atoms with Crippen LogP contribution in [0.25, 0.3) is 0 Å². The number of hydrogen-bond donors (Lipinski definition) is 2. The first kappa shape index (κ1) is 24.5. The Balaban J connectivity index is 1.69. The molecule has 0 saturated carbocycles. The van der Waals surface area contributed by atoms with Crippen LogP contribution in [0.5, 0.6) is 0 Å². The molecule has 0 aromatic carbocycles. The van der Waals surface area contributed by atoms with E-state index in [4.69, 9.17) is 4.74 Å². The Morgan fingerprint density at radius 2 is 2.00 bits per heavy atom. The van der Waals surface area contributed by atoms with E-state index in [2.05, 4.69) is 16.4 Å². The lowest BCUT2D eigenvalue weighted by Crippen LogP contribution is -2.45. The summed E-state index contributed by atoms with van der Waals surface area (Å²) in [6.07, 6.45) is 9.03. The minimum atomic E-state index is -3.96. The predicted molar refractivity (Wildman–Crippen MR) is 122 cm³/mol.